The maximum atomic E-state index is 11.3. The molecule has 152 valence electrons. The Kier molecular flexibility index (Phi) is 5.72. The van der Waals surface area contributed by atoms with Gasteiger partial charge in [-0.15, -0.1) is 10.2 Å². The van der Waals surface area contributed by atoms with Gasteiger partial charge in [-0.05, 0) is 42.5 Å². The van der Waals surface area contributed by atoms with Crippen LogP contribution in [0.2, 0.25) is 0 Å². The van der Waals surface area contributed by atoms with Gasteiger partial charge < -0.3 is 10.5 Å². The largest absolute Gasteiger partial charge is 0.485 e. The predicted molar refractivity (Wildman–Crippen MR) is 119 cm³/mol. The molecule has 1 heterocycles. The highest BCUT2D eigenvalue weighted by atomic mass is 32.2. The summed E-state index contributed by atoms with van der Waals surface area (Å²) in [5.41, 5.74) is 8.57. The minimum Gasteiger partial charge on any atom is -0.485 e. The molecule has 0 saturated carbocycles. The van der Waals surface area contributed by atoms with Crippen LogP contribution in [-0.4, -0.2) is 26.4 Å². The lowest BCUT2D eigenvalue weighted by molar-refractivity contribution is -0.115. The molecule has 0 aliphatic heterocycles. The van der Waals surface area contributed by atoms with Crippen LogP contribution in [0.15, 0.2) is 65.8 Å². The lowest BCUT2D eigenvalue weighted by Gasteiger charge is -2.15. The lowest BCUT2D eigenvalue weighted by atomic mass is 10.1. The van der Waals surface area contributed by atoms with E-state index < -0.39 is 5.91 Å². The number of aromatic nitrogens is 3. The van der Waals surface area contributed by atoms with E-state index in [1.54, 1.807) is 0 Å². The first-order valence-electron chi connectivity index (χ1n) is 9.57. The Morgan fingerprint density at radius 2 is 1.80 bits per heavy atom. The topological polar surface area (TPSA) is 83.0 Å². The Labute approximate surface area is 179 Å². The second-order valence-electron chi connectivity index (χ2n) is 6.97. The van der Waals surface area contributed by atoms with Crippen LogP contribution in [0.4, 0.5) is 0 Å². The van der Waals surface area contributed by atoms with Crippen molar-refractivity contribution in [3.8, 4) is 11.4 Å². The fourth-order valence-corrected chi connectivity index (χ4v) is 4.01. The van der Waals surface area contributed by atoms with Gasteiger partial charge in [0, 0.05) is 5.39 Å². The lowest BCUT2D eigenvalue weighted by Crippen LogP contribution is -2.14. The molecule has 3 aromatic carbocycles. The van der Waals surface area contributed by atoms with Crippen molar-refractivity contribution < 1.29 is 9.53 Å². The molecule has 2 N–H and O–H groups in total. The van der Waals surface area contributed by atoms with Crippen LogP contribution < -0.4 is 10.5 Å². The molecule has 0 aliphatic carbocycles. The first-order chi connectivity index (χ1) is 14.5. The molecule has 4 rings (SSSR count). The van der Waals surface area contributed by atoms with E-state index in [0.717, 1.165) is 33.3 Å². The standard InChI is InChI=1S/C23H22N4O2S/c1-15-7-5-11-19(16(15)2)27-22(25-26-23(27)30-14-21(24)28)13-29-20-12-6-9-17-8-3-4-10-18(17)20/h3-12H,13-14H2,1-2H3,(H2,24,28). The molecule has 0 saturated heterocycles. The monoisotopic (exact) mass is 418 g/mol. The Balaban J connectivity index is 1.70. The number of hydrogen-bond donors (Lipinski definition) is 1. The van der Waals surface area contributed by atoms with Crippen molar-refractivity contribution in [1.82, 2.24) is 14.8 Å². The number of thioether (sulfide) groups is 1. The van der Waals surface area contributed by atoms with E-state index >= 15 is 0 Å². The van der Waals surface area contributed by atoms with Crippen molar-refractivity contribution in [3.05, 3.63) is 77.6 Å². The summed E-state index contributed by atoms with van der Waals surface area (Å²) in [4.78, 5) is 11.3. The molecule has 0 aliphatic rings. The summed E-state index contributed by atoms with van der Waals surface area (Å²) in [6.07, 6.45) is 0. The number of hydrogen-bond acceptors (Lipinski definition) is 5. The number of rotatable bonds is 7. The zero-order valence-corrected chi connectivity index (χ0v) is 17.6. The number of carbonyl (C=O) groups excluding carboxylic acids is 1. The summed E-state index contributed by atoms with van der Waals surface area (Å²) in [5.74, 6) is 1.18. The maximum Gasteiger partial charge on any atom is 0.227 e. The molecular formula is C23H22N4O2S. The van der Waals surface area contributed by atoms with E-state index in [-0.39, 0.29) is 12.4 Å². The number of primary amides is 1. The Morgan fingerprint density at radius 1 is 1.03 bits per heavy atom. The SMILES string of the molecule is Cc1cccc(-n2c(COc3cccc4ccccc34)nnc2SCC(N)=O)c1C. The Hall–Kier alpha value is -3.32. The third-order valence-corrected chi connectivity index (χ3v) is 5.92. The molecule has 0 bridgehead atoms. The number of fused-ring (bicyclic) bond motifs is 1. The summed E-state index contributed by atoms with van der Waals surface area (Å²) in [6, 6.07) is 20.1. The van der Waals surface area contributed by atoms with E-state index in [2.05, 4.69) is 42.2 Å². The van der Waals surface area contributed by atoms with Gasteiger partial charge in [0.15, 0.2) is 11.0 Å². The molecule has 1 amide bonds. The predicted octanol–water partition coefficient (Wildman–Crippen LogP) is 4.19. The average Bonchev–Trinajstić information content (AvgIpc) is 3.15. The maximum absolute atomic E-state index is 11.3. The van der Waals surface area contributed by atoms with Gasteiger partial charge >= 0.3 is 0 Å². The summed E-state index contributed by atoms with van der Waals surface area (Å²) in [7, 11) is 0. The highest BCUT2D eigenvalue weighted by molar-refractivity contribution is 7.99. The van der Waals surface area contributed by atoms with Gasteiger partial charge in [0.05, 0.1) is 11.4 Å². The van der Waals surface area contributed by atoms with Crippen LogP contribution in [0, 0.1) is 13.8 Å². The van der Waals surface area contributed by atoms with E-state index in [0.29, 0.717) is 11.0 Å². The van der Waals surface area contributed by atoms with Crippen LogP contribution in [0.3, 0.4) is 0 Å². The van der Waals surface area contributed by atoms with Crippen molar-refractivity contribution in [2.24, 2.45) is 5.73 Å². The van der Waals surface area contributed by atoms with Crippen molar-refractivity contribution >= 4 is 28.4 Å². The van der Waals surface area contributed by atoms with Crippen LogP contribution in [-0.2, 0) is 11.4 Å². The van der Waals surface area contributed by atoms with Gasteiger partial charge in [-0.2, -0.15) is 0 Å². The minimum atomic E-state index is -0.399. The summed E-state index contributed by atoms with van der Waals surface area (Å²) in [5, 5.41) is 11.4. The number of aryl methyl sites for hydroxylation is 1. The summed E-state index contributed by atoms with van der Waals surface area (Å²) < 4.78 is 8.10. The first-order valence-corrected chi connectivity index (χ1v) is 10.6. The molecule has 0 fully saturated rings. The molecule has 30 heavy (non-hydrogen) atoms. The number of amides is 1. The second kappa shape index (κ2) is 8.59. The van der Waals surface area contributed by atoms with E-state index in [1.807, 2.05) is 47.0 Å². The van der Waals surface area contributed by atoms with Crippen molar-refractivity contribution in [1.29, 1.82) is 0 Å². The van der Waals surface area contributed by atoms with Gasteiger partial charge in [0.2, 0.25) is 5.91 Å². The summed E-state index contributed by atoms with van der Waals surface area (Å²) in [6.45, 7) is 4.36. The van der Waals surface area contributed by atoms with Crippen LogP contribution in [0.25, 0.3) is 16.5 Å². The van der Waals surface area contributed by atoms with Crippen molar-refractivity contribution in [2.75, 3.05) is 5.75 Å². The van der Waals surface area contributed by atoms with Crippen LogP contribution in [0.1, 0.15) is 17.0 Å². The molecule has 0 atom stereocenters. The molecule has 7 heteroatoms. The highest BCUT2D eigenvalue weighted by Crippen LogP contribution is 2.28. The molecular weight excluding hydrogens is 396 g/mol. The number of ether oxygens (including phenoxy) is 1. The van der Waals surface area contributed by atoms with Crippen LogP contribution >= 0.6 is 11.8 Å². The molecule has 6 nitrogen and oxygen atoms in total. The third kappa shape index (κ3) is 4.02. The second-order valence-corrected chi connectivity index (χ2v) is 7.92. The highest BCUT2D eigenvalue weighted by Gasteiger charge is 2.18. The van der Waals surface area contributed by atoms with Gasteiger partial charge in [-0.1, -0.05) is 60.3 Å². The molecule has 0 unspecified atom stereocenters. The van der Waals surface area contributed by atoms with Gasteiger partial charge in [0.25, 0.3) is 0 Å². The minimum absolute atomic E-state index is 0.132. The Morgan fingerprint density at radius 3 is 2.63 bits per heavy atom. The average molecular weight is 419 g/mol. The van der Waals surface area contributed by atoms with E-state index in [4.69, 9.17) is 10.5 Å². The van der Waals surface area contributed by atoms with Gasteiger partial charge in [-0.25, -0.2) is 0 Å². The smallest absolute Gasteiger partial charge is 0.227 e. The number of nitrogens with zero attached hydrogens (tertiary/aromatic N) is 3. The first kappa shape index (κ1) is 20.0. The molecule has 0 spiro atoms. The van der Waals surface area contributed by atoms with E-state index in [1.165, 1.54) is 11.8 Å². The molecule has 4 aromatic rings. The molecule has 1 aromatic heterocycles. The zero-order valence-electron chi connectivity index (χ0n) is 16.8. The zero-order chi connectivity index (χ0) is 21.1. The number of benzene rings is 3. The summed E-state index contributed by atoms with van der Waals surface area (Å²) >= 11 is 1.27. The quantitative estimate of drug-likeness (QED) is 0.455. The third-order valence-electron chi connectivity index (χ3n) is 4.97. The van der Waals surface area contributed by atoms with Gasteiger partial charge in [-0.3, -0.25) is 9.36 Å². The van der Waals surface area contributed by atoms with Crippen molar-refractivity contribution in [2.45, 2.75) is 25.6 Å². The number of carbonyl (C=O) groups is 1. The van der Waals surface area contributed by atoms with Gasteiger partial charge in [0.1, 0.15) is 12.4 Å². The molecule has 0 radical (unpaired) electrons. The number of nitrogens with two attached hydrogens (primary N) is 1. The normalized spacial score (nSPS) is 11.0. The fourth-order valence-electron chi connectivity index (χ4n) is 3.31. The van der Waals surface area contributed by atoms with Crippen LogP contribution in [0.5, 0.6) is 5.75 Å². The van der Waals surface area contributed by atoms with E-state index in [9.17, 15) is 4.79 Å². The fraction of sp³-hybridized carbons (Fsp3) is 0.174. The van der Waals surface area contributed by atoms with Crippen molar-refractivity contribution in [3.63, 3.8) is 0 Å². The Bertz CT molecular complexity index is 1210.